The molecule has 4 aromatic carbocycles. The van der Waals surface area contributed by atoms with Gasteiger partial charge in [0, 0.05) is 17.8 Å². The maximum absolute atomic E-state index is 13.8. The first kappa shape index (κ1) is 20.5. The molecule has 0 saturated carbocycles. The number of anilines is 2. The third-order valence-corrected chi connectivity index (χ3v) is 5.90. The van der Waals surface area contributed by atoms with Crippen LogP contribution < -0.4 is 9.80 Å². The van der Waals surface area contributed by atoms with Gasteiger partial charge < -0.3 is 10.0 Å². The number of carbonyl (C=O) groups excluding carboxylic acids is 1. The highest BCUT2D eigenvalue weighted by Crippen LogP contribution is 2.43. The zero-order valence-electron chi connectivity index (χ0n) is 17.8. The molecule has 0 saturated heterocycles. The fourth-order valence-corrected chi connectivity index (χ4v) is 4.44. The monoisotopic (exact) mass is 434 g/mol. The van der Waals surface area contributed by atoms with Gasteiger partial charge in [-0.15, -0.1) is 0 Å². The highest BCUT2D eigenvalue weighted by atomic mass is 16.4. The van der Waals surface area contributed by atoms with Gasteiger partial charge in [-0.3, -0.25) is 9.69 Å². The number of benzene rings is 4. The van der Waals surface area contributed by atoms with Crippen LogP contribution in [0.1, 0.15) is 38.0 Å². The van der Waals surface area contributed by atoms with Crippen LogP contribution in [-0.4, -0.2) is 17.0 Å². The summed E-state index contributed by atoms with van der Waals surface area (Å²) in [6, 6.07) is 33.8. The average Bonchev–Trinajstić information content (AvgIpc) is 2.86. The Kier molecular flexibility index (Phi) is 5.37. The molecule has 0 aromatic heterocycles. The van der Waals surface area contributed by atoms with Gasteiger partial charge in [0.2, 0.25) is 0 Å². The van der Waals surface area contributed by atoms with E-state index in [2.05, 4.69) is 4.90 Å². The van der Waals surface area contributed by atoms with Crippen LogP contribution in [0.2, 0.25) is 0 Å². The van der Waals surface area contributed by atoms with E-state index < -0.39 is 12.1 Å². The molecule has 0 fully saturated rings. The minimum Gasteiger partial charge on any atom is -0.478 e. The number of carboxylic acid groups (broad SMARTS) is 1. The standard InChI is InChI=1S/C28H22N2O3/c31-27-24-17-9-10-18-25(24)29(19-20-11-3-1-4-12-20)26(30(27)21-13-5-2-6-14-21)22-15-7-8-16-23(22)28(32)33/h1-18,26H,19H2,(H,32,33)/t26-/m1/s1. The van der Waals surface area contributed by atoms with E-state index in [1.165, 1.54) is 0 Å². The van der Waals surface area contributed by atoms with Crippen LogP contribution in [0.4, 0.5) is 11.4 Å². The molecule has 0 radical (unpaired) electrons. The van der Waals surface area contributed by atoms with Gasteiger partial charge in [-0.1, -0.05) is 78.9 Å². The number of amides is 1. The molecule has 5 nitrogen and oxygen atoms in total. The second kappa shape index (κ2) is 8.63. The number of hydrogen-bond acceptors (Lipinski definition) is 3. The fraction of sp³-hybridized carbons (Fsp3) is 0.0714. The van der Waals surface area contributed by atoms with Crippen LogP contribution in [0.5, 0.6) is 0 Å². The summed E-state index contributed by atoms with van der Waals surface area (Å²) in [5.74, 6) is -1.18. The maximum Gasteiger partial charge on any atom is 0.336 e. The Morgan fingerprint density at radius 2 is 1.36 bits per heavy atom. The molecular formula is C28H22N2O3. The number of nitrogens with zero attached hydrogens (tertiary/aromatic N) is 2. The minimum atomic E-state index is -1.02. The van der Waals surface area contributed by atoms with E-state index in [-0.39, 0.29) is 11.5 Å². The van der Waals surface area contributed by atoms with E-state index in [1.807, 2.05) is 91.0 Å². The topological polar surface area (TPSA) is 60.9 Å². The molecule has 1 N–H and O–H groups in total. The molecule has 0 aliphatic carbocycles. The summed E-state index contributed by atoms with van der Waals surface area (Å²) >= 11 is 0. The number of carboxylic acids is 1. The molecule has 0 unspecified atom stereocenters. The molecule has 1 aliphatic heterocycles. The lowest BCUT2D eigenvalue weighted by Gasteiger charge is -2.46. The molecular weight excluding hydrogens is 412 g/mol. The van der Waals surface area contributed by atoms with Crippen LogP contribution in [0.15, 0.2) is 109 Å². The Balaban J connectivity index is 1.77. The summed E-state index contributed by atoms with van der Waals surface area (Å²) in [5.41, 5.74) is 3.87. The smallest absolute Gasteiger partial charge is 0.336 e. The van der Waals surface area contributed by atoms with Gasteiger partial charge >= 0.3 is 5.97 Å². The van der Waals surface area contributed by atoms with Gasteiger partial charge in [0.15, 0.2) is 0 Å². The van der Waals surface area contributed by atoms with Crippen LogP contribution in [0, 0.1) is 0 Å². The van der Waals surface area contributed by atoms with Crippen molar-refractivity contribution >= 4 is 23.3 Å². The van der Waals surface area contributed by atoms with Crippen molar-refractivity contribution < 1.29 is 14.7 Å². The predicted octanol–water partition coefficient (Wildman–Crippen LogP) is 5.75. The number of rotatable bonds is 5. The van der Waals surface area contributed by atoms with E-state index >= 15 is 0 Å². The Morgan fingerprint density at radius 1 is 0.758 bits per heavy atom. The Labute approximate surface area is 192 Å². The molecule has 0 bridgehead atoms. The van der Waals surface area contributed by atoms with Crippen molar-refractivity contribution in [2.45, 2.75) is 12.7 Å². The predicted molar refractivity (Wildman–Crippen MR) is 128 cm³/mol. The van der Waals surface area contributed by atoms with Crippen molar-refractivity contribution in [1.82, 2.24) is 0 Å². The van der Waals surface area contributed by atoms with E-state index in [0.29, 0.717) is 23.4 Å². The van der Waals surface area contributed by atoms with Gasteiger partial charge in [-0.05, 0) is 35.9 Å². The number of aromatic carboxylic acids is 1. The summed E-state index contributed by atoms with van der Waals surface area (Å²) in [5, 5.41) is 9.97. The van der Waals surface area contributed by atoms with Crippen molar-refractivity contribution in [2.75, 3.05) is 9.80 Å². The third-order valence-electron chi connectivity index (χ3n) is 5.90. The van der Waals surface area contributed by atoms with Crippen LogP contribution in [-0.2, 0) is 6.54 Å². The van der Waals surface area contributed by atoms with Crippen LogP contribution >= 0.6 is 0 Å². The van der Waals surface area contributed by atoms with Gasteiger partial charge in [-0.2, -0.15) is 0 Å². The summed E-state index contributed by atoms with van der Waals surface area (Å²) in [6.07, 6.45) is -0.637. The second-order valence-electron chi connectivity index (χ2n) is 7.91. The van der Waals surface area contributed by atoms with E-state index in [0.717, 1.165) is 11.3 Å². The largest absolute Gasteiger partial charge is 0.478 e. The Hall–Kier alpha value is -4.38. The molecule has 1 atom stereocenters. The zero-order valence-corrected chi connectivity index (χ0v) is 17.8. The molecule has 1 heterocycles. The lowest BCUT2D eigenvalue weighted by Crippen LogP contribution is -2.50. The maximum atomic E-state index is 13.8. The first-order valence-electron chi connectivity index (χ1n) is 10.8. The molecule has 1 aliphatic rings. The van der Waals surface area contributed by atoms with Crippen molar-refractivity contribution in [3.05, 3.63) is 131 Å². The minimum absolute atomic E-state index is 0.161. The first-order valence-corrected chi connectivity index (χ1v) is 10.8. The molecule has 1 amide bonds. The van der Waals surface area contributed by atoms with Crippen molar-refractivity contribution in [1.29, 1.82) is 0 Å². The molecule has 4 aromatic rings. The summed E-state index contributed by atoms with van der Waals surface area (Å²) < 4.78 is 0. The van der Waals surface area contributed by atoms with Crippen LogP contribution in [0.25, 0.3) is 0 Å². The number of para-hydroxylation sites is 2. The van der Waals surface area contributed by atoms with Gasteiger partial charge in [0.25, 0.3) is 5.91 Å². The summed E-state index contributed by atoms with van der Waals surface area (Å²) in [6.45, 7) is 0.507. The lowest BCUT2D eigenvalue weighted by molar-refractivity contribution is 0.0693. The van der Waals surface area contributed by atoms with Crippen molar-refractivity contribution in [3.63, 3.8) is 0 Å². The number of hydrogen-bond donors (Lipinski definition) is 1. The second-order valence-corrected chi connectivity index (χ2v) is 7.91. The van der Waals surface area contributed by atoms with E-state index in [9.17, 15) is 14.7 Å². The summed E-state index contributed by atoms with van der Waals surface area (Å²) in [7, 11) is 0. The van der Waals surface area contributed by atoms with Gasteiger partial charge in [0.1, 0.15) is 6.17 Å². The normalized spacial score (nSPS) is 15.3. The van der Waals surface area contributed by atoms with E-state index in [4.69, 9.17) is 0 Å². The molecule has 5 heteroatoms. The molecule has 33 heavy (non-hydrogen) atoms. The number of fused-ring (bicyclic) bond motifs is 1. The molecule has 162 valence electrons. The number of carbonyl (C=O) groups is 2. The molecule has 5 rings (SSSR count). The van der Waals surface area contributed by atoms with Gasteiger partial charge in [0.05, 0.1) is 16.8 Å². The quantitative estimate of drug-likeness (QED) is 0.434. The lowest BCUT2D eigenvalue weighted by atomic mass is 9.96. The zero-order chi connectivity index (χ0) is 22.8. The van der Waals surface area contributed by atoms with Crippen molar-refractivity contribution in [3.8, 4) is 0 Å². The fourth-order valence-electron chi connectivity index (χ4n) is 4.44. The van der Waals surface area contributed by atoms with E-state index in [1.54, 1.807) is 23.1 Å². The highest BCUT2D eigenvalue weighted by molar-refractivity contribution is 6.12. The van der Waals surface area contributed by atoms with Gasteiger partial charge in [-0.25, -0.2) is 4.79 Å². The average molecular weight is 434 g/mol. The SMILES string of the molecule is O=C(O)c1ccccc1[C@@H]1N(Cc2ccccc2)c2ccccc2C(=O)N1c1ccccc1. The summed E-state index contributed by atoms with van der Waals surface area (Å²) in [4.78, 5) is 29.8. The molecule has 0 spiro atoms. The third kappa shape index (κ3) is 3.74. The Morgan fingerprint density at radius 3 is 2.09 bits per heavy atom. The van der Waals surface area contributed by atoms with Crippen molar-refractivity contribution in [2.24, 2.45) is 0 Å². The highest BCUT2D eigenvalue weighted by Gasteiger charge is 2.40. The Bertz CT molecular complexity index is 1310. The first-order chi connectivity index (χ1) is 16.1. The van der Waals surface area contributed by atoms with Crippen LogP contribution in [0.3, 0.4) is 0 Å².